The third-order valence-corrected chi connectivity index (χ3v) is 4.17. The molecule has 1 aromatic carbocycles. The number of hydrogen-bond acceptors (Lipinski definition) is 2. The summed E-state index contributed by atoms with van der Waals surface area (Å²) in [6.45, 7) is 5.01. The van der Waals surface area contributed by atoms with Crippen molar-refractivity contribution >= 4 is 17.7 Å². The molecule has 0 aromatic heterocycles. The highest BCUT2D eigenvalue weighted by Gasteiger charge is 2.28. The quantitative estimate of drug-likeness (QED) is 0.899. The van der Waals surface area contributed by atoms with Crippen molar-refractivity contribution in [3.63, 3.8) is 0 Å². The summed E-state index contributed by atoms with van der Waals surface area (Å²) < 4.78 is 0. The second-order valence-corrected chi connectivity index (χ2v) is 5.75. The standard InChI is InChI=1S/C16H22N2O3/c1-11-5-4-8-18(12(11)2)16(21)17-14-7-3-6-13(9-14)10-15(19)20/h3,6-7,9,11-12H,4-5,8,10H2,1-2H3,(H,17,21)(H,19,20). The Balaban J connectivity index is 2.03. The van der Waals surface area contributed by atoms with E-state index in [4.69, 9.17) is 5.11 Å². The number of carbonyl (C=O) groups is 2. The molecule has 5 heteroatoms. The van der Waals surface area contributed by atoms with Crippen molar-refractivity contribution < 1.29 is 14.7 Å². The highest BCUT2D eigenvalue weighted by Crippen LogP contribution is 2.23. The van der Waals surface area contributed by atoms with Crippen LogP contribution in [-0.4, -0.2) is 34.6 Å². The third-order valence-electron chi connectivity index (χ3n) is 4.17. The van der Waals surface area contributed by atoms with Crippen LogP contribution in [0.25, 0.3) is 0 Å². The van der Waals surface area contributed by atoms with Crippen LogP contribution in [0.2, 0.25) is 0 Å². The second-order valence-electron chi connectivity index (χ2n) is 5.75. The fourth-order valence-corrected chi connectivity index (χ4v) is 2.75. The van der Waals surface area contributed by atoms with Crippen LogP contribution in [0.4, 0.5) is 10.5 Å². The van der Waals surface area contributed by atoms with Gasteiger partial charge in [0, 0.05) is 18.3 Å². The number of carboxylic acids is 1. The number of urea groups is 1. The Hall–Kier alpha value is -2.04. The second kappa shape index (κ2) is 6.61. The van der Waals surface area contributed by atoms with Crippen molar-refractivity contribution in [3.8, 4) is 0 Å². The smallest absolute Gasteiger partial charge is 0.322 e. The minimum absolute atomic E-state index is 0.0408. The van der Waals surface area contributed by atoms with Crippen LogP contribution in [-0.2, 0) is 11.2 Å². The van der Waals surface area contributed by atoms with Crippen LogP contribution in [0, 0.1) is 5.92 Å². The molecule has 0 bridgehead atoms. The summed E-state index contributed by atoms with van der Waals surface area (Å²) in [6, 6.07) is 7.11. The zero-order chi connectivity index (χ0) is 15.4. The van der Waals surface area contributed by atoms with Gasteiger partial charge in [-0.2, -0.15) is 0 Å². The Morgan fingerprint density at radius 2 is 2.14 bits per heavy atom. The van der Waals surface area contributed by atoms with E-state index < -0.39 is 5.97 Å². The van der Waals surface area contributed by atoms with Crippen molar-refractivity contribution in [2.24, 2.45) is 5.92 Å². The first kappa shape index (κ1) is 15.4. The minimum Gasteiger partial charge on any atom is -0.481 e. The summed E-state index contributed by atoms with van der Waals surface area (Å²) in [4.78, 5) is 24.9. The van der Waals surface area contributed by atoms with Crippen LogP contribution in [0.3, 0.4) is 0 Å². The van der Waals surface area contributed by atoms with Gasteiger partial charge < -0.3 is 15.3 Å². The van der Waals surface area contributed by atoms with Gasteiger partial charge in [0.2, 0.25) is 0 Å². The van der Waals surface area contributed by atoms with Gasteiger partial charge in [-0.1, -0.05) is 19.1 Å². The number of rotatable bonds is 3. The van der Waals surface area contributed by atoms with E-state index >= 15 is 0 Å². The maximum Gasteiger partial charge on any atom is 0.322 e. The van der Waals surface area contributed by atoms with Crippen molar-refractivity contribution in [1.29, 1.82) is 0 Å². The first-order valence-electron chi connectivity index (χ1n) is 7.35. The molecule has 2 amide bonds. The first-order chi connectivity index (χ1) is 9.97. The molecule has 114 valence electrons. The molecule has 0 aliphatic carbocycles. The molecule has 2 unspecified atom stereocenters. The molecule has 1 aromatic rings. The lowest BCUT2D eigenvalue weighted by Gasteiger charge is -2.37. The number of carboxylic acid groups (broad SMARTS) is 1. The average molecular weight is 290 g/mol. The molecule has 1 aliphatic rings. The normalized spacial score (nSPS) is 21.9. The van der Waals surface area contributed by atoms with Gasteiger partial charge in [0.15, 0.2) is 0 Å². The SMILES string of the molecule is CC1CCCN(C(=O)Nc2cccc(CC(=O)O)c2)C1C. The molecule has 0 radical (unpaired) electrons. The number of likely N-dealkylation sites (tertiary alicyclic amines) is 1. The molecule has 1 heterocycles. The van der Waals surface area contributed by atoms with Crippen molar-refractivity contribution in [2.75, 3.05) is 11.9 Å². The van der Waals surface area contributed by atoms with Crippen molar-refractivity contribution in [2.45, 2.75) is 39.2 Å². The molecule has 2 N–H and O–H groups in total. The lowest BCUT2D eigenvalue weighted by atomic mass is 9.92. The highest BCUT2D eigenvalue weighted by atomic mass is 16.4. The zero-order valence-electron chi connectivity index (χ0n) is 12.5. The van der Waals surface area contributed by atoms with E-state index in [-0.39, 0.29) is 18.5 Å². The lowest BCUT2D eigenvalue weighted by molar-refractivity contribution is -0.136. The number of aliphatic carboxylic acids is 1. The monoisotopic (exact) mass is 290 g/mol. The Morgan fingerprint density at radius 3 is 2.86 bits per heavy atom. The molecule has 21 heavy (non-hydrogen) atoms. The molecule has 2 rings (SSSR count). The minimum atomic E-state index is -0.878. The highest BCUT2D eigenvalue weighted by molar-refractivity contribution is 5.89. The van der Waals surface area contributed by atoms with Crippen molar-refractivity contribution in [1.82, 2.24) is 4.90 Å². The molecule has 5 nitrogen and oxygen atoms in total. The van der Waals surface area contributed by atoms with E-state index in [1.807, 2.05) is 4.90 Å². The van der Waals surface area contributed by atoms with Gasteiger partial charge in [-0.3, -0.25) is 4.79 Å². The molecule has 1 aliphatic heterocycles. The Labute approximate surface area is 125 Å². The summed E-state index contributed by atoms with van der Waals surface area (Å²) in [7, 11) is 0. The van der Waals surface area contributed by atoms with E-state index in [0.29, 0.717) is 17.2 Å². The van der Waals surface area contributed by atoms with Crippen LogP contribution in [0.1, 0.15) is 32.3 Å². The fourth-order valence-electron chi connectivity index (χ4n) is 2.75. The van der Waals surface area contributed by atoms with Crippen LogP contribution < -0.4 is 5.32 Å². The molecular formula is C16H22N2O3. The molecule has 0 saturated carbocycles. The molecular weight excluding hydrogens is 268 g/mol. The van der Waals surface area contributed by atoms with Crippen LogP contribution >= 0.6 is 0 Å². The largest absolute Gasteiger partial charge is 0.481 e. The van der Waals surface area contributed by atoms with Gasteiger partial charge in [0.05, 0.1) is 6.42 Å². The number of carbonyl (C=O) groups excluding carboxylic acids is 1. The Kier molecular flexibility index (Phi) is 4.83. The van der Waals surface area contributed by atoms with E-state index in [2.05, 4.69) is 19.2 Å². The number of nitrogens with one attached hydrogen (secondary N) is 1. The summed E-state index contributed by atoms with van der Waals surface area (Å²) in [6.07, 6.45) is 2.14. The summed E-state index contributed by atoms with van der Waals surface area (Å²) in [5, 5.41) is 11.7. The summed E-state index contributed by atoms with van der Waals surface area (Å²) in [5.74, 6) is -0.375. The maximum atomic E-state index is 12.4. The summed E-state index contributed by atoms with van der Waals surface area (Å²) >= 11 is 0. The van der Waals surface area contributed by atoms with Gasteiger partial charge >= 0.3 is 12.0 Å². The number of piperidine rings is 1. The van der Waals surface area contributed by atoms with Crippen LogP contribution in [0.5, 0.6) is 0 Å². The first-order valence-corrected chi connectivity index (χ1v) is 7.35. The lowest BCUT2D eigenvalue weighted by Crippen LogP contribution is -2.47. The zero-order valence-corrected chi connectivity index (χ0v) is 12.5. The number of benzene rings is 1. The van der Waals surface area contributed by atoms with E-state index in [0.717, 1.165) is 19.4 Å². The Bertz CT molecular complexity index is 530. The van der Waals surface area contributed by atoms with Crippen LogP contribution in [0.15, 0.2) is 24.3 Å². The predicted molar refractivity (Wildman–Crippen MR) is 81.4 cm³/mol. The third kappa shape index (κ3) is 3.97. The predicted octanol–water partition coefficient (Wildman–Crippen LogP) is 2.97. The molecule has 0 spiro atoms. The van der Waals surface area contributed by atoms with E-state index in [9.17, 15) is 9.59 Å². The van der Waals surface area contributed by atoms with Gasteiger partial charge in [0.25, 0.3) is 0 Å². The number of amides is 2. The van der Waals surface area contributed by atoms with Gasteiger partial charge in [0.1, 0.15) is 0 Å². The van der Waals surface area contributed by atoms with Gasteiger partial charge in [-0.05, 0) is 43.4 Å². The molecule has 2 atom stereocenters. The van der Waals surface area contributed by atoms with E-state index in [1.165, 1.54) is 0 Å². The maximum absolute atomic E-state index is 12.4. The van der Waals surface area contributed by atoms with Gasteiger partial charge in [-0.25, -0.2) is 4.79 Å². The average Bonchev–Trinajstić information content (AvgIpc) is 2.41. The number of nitrogens with zero attached hydrogens (tertiary/aromatic N) is 1. The Morgan fingerprint density at radius 1 is 1.38 bits per heavy atom. The topological polar surface area (TPSA) is 69.6 Å². The summed E-state index contributed by atoms with van der Waals surface area (Å²) in [5.41, 5.74) is 1.32. The van der Waals surface area contributed by atoms with Gasteiger partial charge in [-0.15, -0.1) is 0 Å². The number of hydrogen-bond donors (Lipinski definition) is 2. The van der Waals surface area contributed by atoms with E-state index in [1.54, 1.807) is 24.3 Å². The number of anilines is 1. The fraction of sp³-hybridized carbons (Fsp3) is 0.500. The molecule has 1 fully saturated rings. The van der Waals surface area contributed by atoms with Crippen molar-refractivity contribution in [3.05, 3.63) is 29.8 Å². The molecule has 1 saturated heterocycles.